The Hall–Kier alpha value is -4.14. The quantitative estimate of drug-likeness (QED) is 0.275. The lowest BCUT2D eigenvalue weighted by atomic mass is 10.0. The number of ketones is 1. The topological polar surface area (TPSA) is 74.6 Å². The van der Waals surface area contributed by atoms with Crippen LogP contribution in [0, 0.1) is 0 Å². The molecule has 29 heavy (non-hydrogen) atoms. The molecule has 4 heteroatoms. The Labute approximate surface area is 168 Å². The zero-order valence-electron chi connectivity index (χ0n) is 15.4. The predicted molar refractivity (Wildman–Crippen MR) is 114 cm³/mol. The van der Waals surface area contributed by atoms with Gasteiger partial charge in [0.05, 0.1) is 11.1 Å². The number of phenols is 2. The van der Waals surface area contributed by atoms with E-state index in [0.717, 1.165) is 11.1 Å². The number of hydrogen-bond donors (Lipinski definition) is 2. The van der Waals surface area contributed by atoms with Crippen LogP contribution in [0.2, 0.25) is 0 Å². The van der Waals surface area contributed by atoms with E-state index in [1.807, 2.05) is 30.2 Å². The summed E-state index contributed by atoms with van der Waals surface area (Å²) < 4.78 is 0. The molecule has 0 fully saturated rings. The van der Waals surface area contributed by atoms with Crippen molar-refractivity contribution in [1.82, 2.24) is 0 Å². The van der Waals surface area contributed by atoms with E-state index in [1.165, 1.54) is 18.2 Å². The Morgan fingerprint density at radius 2 is 1.28 bits per heavy atom. The summed E-state index contributed by atoms with van der Waals surface area (Å²) in [5, 5.41) is 19.7. The Kier molecular flexibility index (Phi) is 6.21. The van der Waals surface area contributed by atoms with Crippen LogP contribution >= 0.6 is 0 Å². The maximum absolute atomic E-state index is 12.2. The number of allylic oxidation sites excluding steroid dienone is 3. The van der Waals surface area contributed by atoms with Gasteiger partial charge in [-0.1, -0.05) is 54.6 Å². The summed E-state index contributed by atoms with van der Waals surface area (Å²) in [6, 6.07) is 20.3. The van der Waals surface area contributed by atoms with Gasteiger partial charge in [-0.3, -0.25) is 4.79 Å². The SMILES string of the molecule is O=C=C(C=Cc1cccc(C=CC(=O)c2ccccc2O)c1)c1ccccc1O. The van der Waals surface area contributed by atoms with Crippen LogP contribution in [0.3, 0.4) is 0 Å². The average molecular weight is 382 g/mol. The highest BCUT2D eigenvalue weighted by Gasteiger charge is 2.07. The lowest BCUT2D eigenvalue weighted by Gasteiger charge is -2.02. The summed E-state index contributed by atoms with van der Waals surface area (Å²) >= 11 is 0. The van der Waals surface area contributed by atoms with Gasteiger partial charge in [0.15, 0.2) is 5.78 Å². The molecule has 3 aromatic rings. The molecule has 0 aliphatic carbocycles. The van der Waals surface area contributed by atoms with E-state index in [0.29, 0.717) is 5.56 Å². The molecular formula is C25H18O4. The van der Waals surface area contributed by atoms with Crippen molar-refractivity contribution in [2.24, 2.45) is 0 Å². The largest absolute Gasteiger partial charge is 0.507 e. The van der Waals surface area contributed by atoms with Crippen LogP contribution in [0.15, 0.2) is 84.9 Å². The second-order valence-corrected chi connectivity index (χ2v) is 6.25. The lowest BCUT2D eigenvalue weighted by Crippen LogP contribution is -1.94. The number of para-hydroxylation sites is 2. The Bertz CT molecular complexity index is 1150. The van der Waals surface area contributed by atoms with Gasteiger partial charge in [-0.05, 0) is 53.6 Å². The summed E-state index contributed by atoms with van der Waals surface area (Å²) in [5.41, 5.74) is 2.48. The molecular weight excluding hydrogens is 364 g/mol. The van der Waals surface area contributed by atoms with Crippen LogP contribution < -0.4 is 0 Å². The molecule has 0 aromatic heterocycles. The number of carbonyl (C=O) groups excluding carboxylic acids is 2. The van der Waals surface area contributed by atoms with Crippen molar-refractivity contribution in [3.05, 3.63) is 107 Å². The molecule has 2 N–H and O–H groups in total. The normalized spacial score (nSPS) is 10.9. The predicted octanol–water partition coefficient (Wildman–Crippen LogP) is 4.92. The van der Waals surface area contributed by atoms with Gasteiger partial charge in [-0.15, -0.1) is 0 Å². The second-order valence-electron chi connectivity index (χ2n) is 6.25. The summed E-state index contributed by atoms with van der Waals surface area (Å²) in [5.74, 6) is 1.50. The van der Waals surface area contributed by atoms with Gasteiger partial charge < -0.3 is 10.2 Å². The number of aromatic hydroxyl groups is 2. The number of phenolic OH excluding ortho intramolecular Hbond substituents is 2. The van der Waals surface area contributed by atoms with Gasteiger partial charge in [-0.25, -0.2) is 4.79 Å². The van der Waals surface area contributed by atoms with E-state index in [1.54, 1.807) is 54.6 Å². The maximum Gasteiger partial charge on any atom is 0.189 e. The van der Waals surface area contributed by atoms with Gasteiger partial charge >= 0.3 is 0 Å². The van der Waals surface area contributed by atoms with E-state index < -0.39 is 0 Å². The first-order valence-electron chi connectivity index (χ1n) is 8.90. The highest BCUT2D eigenvalue weighted by atomic mass is 16.3. The van der Waals surface area contributed by atoms with Crippen LogP contribution in [0.4, 0.5) is 0 Å². The molecule has 0 aliphatic rings. The van der Waals surface area contributed by atoms with Crippen molar-refractivity contribution in [3.63, 3.8) is 0 Å². The minimum Gasteiger partial charge on any atom is -0.507 e. The fraction of sp³-hybridized carbons (Fsp3) is 0. The minimum atomic E-state index is -0.297. The second kappa shape index (κ2) is 9.18. The molecule has 142 valence electrons. The molecule has 3 rings (SSSR count). The van der Waals surface area contributed by atoms with E-state index in [9.17, 15) is 19.8 Å². The first-order valence-corrected chi connectivity index (χ1v) is 8.90. The van der Waals surface area contributed by atoms with Gasteiger partial charge in [-0.2, -0.15) is 0 Å². The third kappa shape index (κ3) is 4.98. The summed E-state index contributed by atoms with van der Waals surface area (Å²) in [6.45, 7) is 0. The monoisotopic (exact) mass is 382 g/mol. The van der Waals surface area contributed by atoms with Crippen molar-refractivity contribution >= 4 is 29.4 Å². The van der Waals surface area contributed by atoms with Crippen molar-refractivity contribution < 1.29 is 19.8 Å². The van der Waals surface area contributed by atoms with Gasteiger partial charge in [0.2, 0.25) is 0 Å². The molecule has 0 saturated heterocycles. The van der Waals surface area contributed by atoms with Gasteiger partial charge in [0.25, 0.3) is 0 Å². The summed E-state index contributed by atoms with van der Waals surface area (Å²) in [4.78, 5) is 23.5. The molecule has 0 heterocycles. The summed E-state index contributed by atoms with van der Waals surface area (Å²) in [6.07, 6.45) is 6.37. The highest BCUT2D eigenvalue weighted by molar-refractivity contribution is 6.08. The van der Waals surface area contributed by atoms with Crippen LogP contribution in [-0.2, 0) is 4.79 Å². The van der Waals surface area contributed by atoms with Crippen LogP contribution in [0.5, 0.6) is 11.5 Å². The molecule has 0 amide bonds. The summed E-state index contributed by atoms with van der Waals surface area (Å²) in [7, 11) is 0. The lowest BCUT2D eigenvalue weighted by molar-refractivity contribution is 0.104. The average Bonchev–Trinajstić information content (AvgIpc) is 2.74. The van der Waals surface area contributed by atoms with E-state index >= 15 is 0 Å². The molecule has 0 radical (unpaired) electrons. The molecule has 0 spiro atoms. The third-order valence-electron chi connectivity index (χ3n) is 4.25. The smallest absolute Gasteiger partial charge is 0.189 e. The van der Waals surface area contributed by atoms with Gasteiger partial charge in [0.1, 0.15) is 17.4 Å². The van der Waals surface area contributed by atoms with E-state index in [-0.39, 0.29) is 28.4 Å². The molecule has 0 aliphatic heterocycles. The number of rotatable bonds is 6. The van der Waals surface area contributed by atoms with E-state index in [2.05, 4.69) is 0 Å². The standard InChI is InChI=1S/C25H18O4/c26-17-20(21-8-1-3-10-23(21)27)14-12-18-6-5-7-19(16-18)13-15-25(29)22-9-2-4-11-24(22)28/h1-16,27-28H. The van der Waals surface area contributed by atoms with Gasteiger partial charge in [0, 0.05) is 5.56 Å². The molecule has 0 bridgehead atoms. The fourth-order valence-electron chi connectivity index (χ4n) is 2.77. The molecule has 4 nitrogen and oxygen atoms in total. The van der Waals surface area contributed by atoms with Crippen LogP contribution in [-0.4, -0.2) is 21.9 Å². The molecule has 0 saturated carbocycles. The van der Waals surface area contributed by atoms with Crippen molar-refractivity contribution in [2.45, 2.75) is 0 Å². The number of carbonyl (C=O) groups is 1. The number of benzene rings is 3. The molecule has 0 unspecified atom stereocenters. The molecule has 0 atom stereocenters. The first kappa shape index (κ1) is 19.6. The van der Waals surface area contributed by atoms with Crippen molar-refractivity contribution in [1.29, 1.82) is 0 Å². The zero-order valence-corrected chi connectivity index (χ0v) is 15.4. The number of hydrogen-bond acceptors (Lipinski definition) is 4. The van der Waals surface area contributed by atoms with Crippen LogP contribution in [0.1, 0.15) is 27.0 Å². The molecule has 3 aromatic carbocycles. The van der Waals surface area contributed by atoms with E-state index in [4.69, 9.17) is 0 Å². The van der Waals surface area contributed by atoms with Crippen molar-refractivity contribution in [2.75, 3.05) is 0 Å². The minimum absolute atomic E-state index is 0.00913. The van der Waals surface area contributed by atoms with Crippen LogP contribution in [0.25, 0.3) is 17.7 Å². The maximum atomic E-state index is 12.2. The Morgan fingerprint density at radius 3 is 1.86 bits per heavy atom. The third-order valence-corrected chi connectivity index (χ3v) is 4.25. The Balaban J connectivity index is 1.78. The fourth-order valence-corrected chi connectivity index (χ4v) is 2.77. The zero-order chi connectivity index (χ0) is 20.6. The first-order chi connectivity index (χ1) is 14.1. The highest BCUT2D eigenvalue weighted by Crippen LogP contribution is 2.24. The van der Waals surface area contributed by atoms with Crippen molar-refractivity contribution in [3.8, 4) is 11.5 Å². The Morgan fingerprint density at radius 1 is 0.724 bits per heavy atom.